The lowest BCUT2D eigenvalue weighted by Crippen LogP contribution is -2.17. The Hall–Kier alpha value is -3.38. The fourth-order valence-electron chi connectivity index (χ4n) is 2.34. The van der Waals surface area contributed by atoms with Gasteiger partial charge in [-0.2, -0.15) is 5.10 Å². The van der Waals surface area contributed by atoms with Crippen LogP contribution in [0.15, 0.2) is 64.1 Å². The van der Waals surface area contributed by atoms with Gasteiger partial charge in [-0.15, -0.1) is 0 Å². The van der Waals surface area contributed by atoms with Gasteiger partial charge < -0.3 is 9.52 Å². The summed E-state index contributed by atoms with van der Waals surface area (Å²) in [5.41, 5.74) is 4.65. The van der Waals surface area contributed by atoms with E-state index < -0.39 is 5.97 Å². The summed E-state index contributed by atoms with van der Waals surface area (Å²) >= 11 is 5.97. The number of halogens is 1. The van der Waals surface area contributed by atoms with Crippen LogP contribution in [0.2, 0.25) is 5.02 Å². The zero-order chi connectivity index (χ0) is 19.4. The van der Waals surface area contributed by atoms with E-state index in [0.29, 0.717) is 22.6 Å². The molecule has 0 aliphatic rings. The summed E-state index contributed by atoms with van der Waals surface area (Å²) in [4.78, 5) is 23.0. The molecule has 0 fully saturated rings. The first-order valence-corrected chi connectivity index (χ1v) is 8.35. The highest BCUT2D eigenvalue weighted by atomic mass is 35.5. The topological polar surface area (TPSA) is 91.9 Å². The van der Waals surface area contributed by atoms with Crippen molar-refractivity contribution in [3.05, 3.63) is 82.1 Å². The van der Waals surface area contributed by atoms with Crippen molar-refractivity contribution in [3.8, 4) is 11.3 Å². The van der Waals surface area contributed by atoms with Gasteiger partial charge in [0.1, 0.15) is 11.5 Å². The van der Waals surface area contributed by atoms with Crippen LogP contribution < -0.4 is 5.43 Å². The molecule has 1 aromatic heterocycles. The number of nitrogens with one attached hydrogen (secondary N) is 1. The van der Waals surface area contributed by atoms with Crippen LogP contribution in [-0.4, -0.2) is 23.2 Å². The number of hydrogen-bond donors (Lipinski definition) is 2. The highest BCUT2D eigenvalue weighted by molar-refractivity contribution is 6.33. The van der Waals surface area contributed by atoms with E-state index in [1.165, 1.54) is 18.3 Å². The van der Waals surface area contributed by atoms with E-state index in [0.717, 1.165) is 5.56 Å². The minimum absolute atomic E-state index is 0.0209. The van der Waals surface area contributed by atoms with Crippen LogP contribution in [0, 0.1) is 6.92 Å². The maximum Gasteiger partial charge on any atom is 0.337 e. The van der Waals surface area contributed by atoms with Crippen molar-refractivity contribution in [1.82, 2.24) is 5.43 Å². The molecule has 7 heteroatoms. The Morgan fingerprint density at radius 1 is 1.11 bits per heavy atom. The number of benzene rings is 2. The molecule has 1 heterocycles. The molecule has 0 aliphatic heterocycles. The smallest absolute Gasteiger partial charge is 0.337 e. The molecule has 0 bridgehead atoms. The number of aryl methyl sites for hydroxylation is 1. The third-order valence-electron chi connectivity index (χ3n) is 3.78. The molecule has 0 saturated heterocycles. The number of carboxylic acids is 1. The Balaban J connectivity index is 1.68. The van der Waals surface area contributed by atoms with Gasteiger partial charge in [-0.25, -0.2) is 10.2 Å². The Morgan fingerprint density at radius 3 is 2.52 bits per heavy atom. The second kappa shape index (κ2) is 7.88. The maximum absolute atomic E-state index is 12.0. The zero-order valence-corrected chi connectivity index (χ0v) is 15.0. The number of carbonyl (C=O) groups excluding carboxylic acids is 1. The van der Waals surface area contributed by atoms with Crippen molar-refractivity contribution in [3.63, 3.8) is 0 Å². The summed E-state index contributed by atoms with van der Waals surface area (Å²) in [6.07, 6.45) is 1.38. The van der Waals surface area contributed by atoms with Gasteiger partial charge in [0, 0.05) is 11.1 Å². The molecule has 136 valence electrons. The predicted octanol–water partition coefficient (Wildman–Crippen LogP) is 4.37. The molecule has 0 unspecified atom stereocenters. The van der Waals surface area contributed by atoms with Gasteiger partial charge in [-0.1, -0.05) is 35.4 Å². The summed E-state index contributed by atoms with van der Waals surface area (Å²) in [7, 11) is 0. The average molecular weight is 383 g/mol. The molecule has 27 heavy (non-hydrogen) atoms. The molecule has 3 rings (SSSR count). The Bertz CT molecular complexity index is 1020. The first-order valence-electron chi connectivity index (χ1n) is 7.97. The van der Waals surface area contributed by atoms with E-state index in [1.54, 1.807) is 30.3 Å². The second-order valence-electron chi connectivity index (χ2n) is 5.77. The highest BCUT2D eigenvalue weighted by Gasteiger charge is 2.11. The van der Waals surface area contributed by atoms with Crippen molar-refractivity contribution in [2.45, 2.75) is 6.92 Å². The Labute approximate surface area is 160 Å². The predicted molar refractivity (Wildman–Crippen MR) is 102 cm³/mol. The van der Waals surface area contributed by atoms with Crippen molar-refractivity contribution >= 4 is 29.7 Å². The van der Waals surface area contributed by atoms with Gasteiger partial charge in [0.15, 0.2) is 0 Å². The number of hydrogen-bond acceptors (Lipinski definition) is 4. The molecular weight excluding hydrogens is 368 g/mol. The molecular formula is C20H15ClN2O4. The minimum atomic E-state index is -1.09. The molecule has 0 radical (unpaired) electrons. The van der Waals surface area contributed by atoms with E-state index in [1.807, 2.05) is 19.1 Å². The number of carbonyl (C=O) groups is 2. The van der Waals surface area contributed by atoms with Gasteiger partial charge in [0.05, 0.1) is 16.8 Å². The van der Waals surface area contributed by atoms with Crippen LogP contribution in [0.25, 0.3) is 11.3 Å². The van der Waals surface area contributed by atoms with Crippen LogP contribution in [0.4, 0.5) is 0 Å². The number of aromatic carboxylic acids is 1. The number of carboxylic acid groups (broad SMARTS) is 1. The molecule has 0 aliphatic carbocycles. The van der Waals surface area contributed by atoms with E-state index in [4.69, 9.17) is 21.1 Å². The number of hydrazone groups is 1. The molecule has 1 amide bonds. The molecule has 2 N–H and O–H groups in total. The van der Waals surface area contributed by atoms with E-state index in [9.17, 15) is 9.59 Å². The van der Waals surface area contributed by atoms with Crippen LogP contribution in [0.1, 0.15) is 32.0 Å². The lowest BCUT2D eigenvalue weighted by Gasteiger charge is -2.01. The summed E-state index contributed by atoms with van der Waals surface area (Å²) in [5, 5.41) is 13.0. The number of furan rings is 1. The first kappa shape index (κ1) is 18.4. The monoisotopic (exact) mass is 382 g/mol. The standard InChI is InChI=1S/C20H15ClN2O4/c1-12-2-4-13(5-3-12)19(24)23-22-11-15-7-9-18(27-15)14-6-8-16(20(25)26)17(21)10-14/h2-11H,1H3,(H,23,24)(H,25,26)/b22-11+. The van der Waals surface area contributed by atoms with Crippen molar-refractivity contribution in [1.29, 1.82) is 0 Å². The number of rotatable bonds is 5. The van der Waals surface area contributed by atoms with E-state index in [-0.39, 0.29) is 16.5 Å². The molecule has 0 spiro atoms. The summed E-state index contributed by atoms with van der Waals surface area (Å²) in [6, 6.07) is 15.0. The van der Waals surface area contributed by atoms with Gasteiger partial charge in [0.25, 0.3) is 5.91 Å². The molecule has 6 nitrogen and oxygen atoms in total. The summed E-state index contributed by atoms with van der Waals surface area (Å²) < 4.78 is 5.62. The third-order valence-corrected chi connectivity index (χ3v) is 4.10. The van der Waals surface area contributed by atoms with E-state index in [2.05, 4.69) is 10.5 Å². The summed E-state index contributed by atoms with van der Waals surface area (Å²) in [6.45, 7) is 1.94. The van der Waals surface area contributed by atoms with Gasteiger partial charge in [0.2, 0.25) is 0 Å². The van der Waals surface area contributed by atoms with Crippen LogP contribution in [0.5, 0.6) is 0 Å². The zero-order valence-electron chi connectivity index (χ0n) is 14.3. The maximum atomic E-state index is 12.0. The molecule has 3 aromatic rings. The van der Waals surface area contributed by atoms with Gasteiger partial charge in [-0.3, -0.25) is 4.79 Å². The lowest BCUT2D eigenvalue weighted by atomic mass is 10.1. The molecule has 0 atom stereocenters. The fourth-order valence-corrected chi connectivity index (χ4v) is 2.60. The largest absolute Gasteiger partial charge is 0.478 e. The van der Waals surface area contributed by atoms with E-state index >= 15 is 0 Å². The van der Waals surface area contributed by atoms with Crippen molar-refractivity contribution in [2.24, 2.45) is 5.10 Å². The van der Waals surface area contributed by atoms with Crippen LogP contribution >= 0.6 is 11.6 Å². The molecule has 0 saturated carbocycles. The van der Waals surface area contributed by atoms with Crippen molar-refractivity contribution in [2.75, 3.05) is 0 Å². The van der Waals surface area contributed by atoms with Gasteiger partial charge in [-0.05, 0) is 43.3 Å². The van der Waals surface area contributed by atoms with Crippen LogP contribution in [0.3, 0.4) is 0 Å². The Kier molecular flexibility index (Phi) is 5.38. The van der Waals surface area contributed by atoms with Crippen LogP contribution in [-0.2, 0) is 0 Å². The first-order chi connectivity index (χ1) is 12.9. The normalized spacial score (nSPS) is 10.9. The number of nitrogens with zero attached hydrogens (tertiary/aromatic N) is 1. The SMILES string of the molecule is Cc1ccc(C(=O)N/N=C/c2ccc(-c3ccc(C(=O)O)c(Cl)c3)o2)cc1. The fraction of sp³-hybridized carbons (Fsp3) is 0.0500. The quantitative estimate of drug-likeness (QED) is 0.506. The Morgan fingerprint density at radius 2 is 1.85 bits per heavy atom. The minimum Gasteiger partial charge on any atom is -0.478 e. The van der Waals surface area contributed by atoms with Crippen molar-refractivity contribution < 1.29 is 19.1 Å². The second-order valence-corrected chi connectivity index (χ2v) is 6.17. The highest BCUT2D eigenvalue weighted by Crippen LogP contribution is 2.27. The molecule has 2 aromatic carbocycles. The lowest BCUT2D eigenvalue weighted by molar-refractivity contribution is 0.0696. The third kappa shape index (κ3) is 4.43. The van der Waals surface area contributed by atoms with Gasteiger partial charge >= 0.3 is 5.97 Å². The average Bonchev–Trinajstić information content (AvgIpc) is 3.10. The number of amides is 1. The summed E-state index contributed by atoms with van der Waals surface area (Å²) in [5.74, 6) is -0.495.